The standard InChI is InChI=1S/C15H27F3N2/c1-13(2,3)12-10-20(9-8-15(16,17)18)14(11-19-12)6-4-5-7-14/h12,19H,4-11H2,1-3H3. The minimum absolute atomic E-state index is 0.0208. The highest BCUT2D eigenvalue weighted by molar-refractivity contribution is 5.03. The third-order valence-corrected chi connectivity index (χ3v) is 5.00. The smallest absolute Gasteiger partial charge is 0.310 e. The average molecular weight is 292 g/mol. The van der Waals surface area contributed by atoms with E-state index in [9.17, 15) is 13.2 Å². The molecule has 1 saturated carbocycles. The van der Waals surface area contributed by atoms with Gasteiger partial charge in [0.15, 0.2) is 0 Å². The van der Waals surface area contributed by atoms with E-state index < -0.39 is 12.6 Å². The van der Waals surface area contributed by atoms with E-state index in [1.54, 1.807) is 0 Å². The molecule has 1 saturated heterocycles. The van der Waals surface area contributed by atoms with E-state index in [1.165, 1.54) is 0 Å². The van der Waals surface area contributed by atoms with Gasteiger partial charge in [-0.25, -0.2) is 0 Å². The van der Waals surface area contributed by atoms with Gasteiger partial charge >= 0.3 is 6.18 Å². The van der Waals surface area contributed by atoms with Gasteiger partial charge < -0.3 is 5.32 Å². The summed E-state index contributed by atoms with van der Waals surface area (Å²) in [5.74, 6) is 0. The maximum absolute atomic E-state index is 12.6. The Morgan fingerprint density at radius 1 is 1.15 bits per heavy atom. The van der Waals surface area contributed by atoms with Crippen LogP contribution < -0.4 is 5.32 Å². The monoisotopic (exact) mass is 292 g/mol. The highest BCUT2D eigenvalue weighted by atomic mass is 19.4. The summed E-state index contributed by atoms with van der Waals surface area (Å²) in [5.41, 5.74) is 0.0592. The maximum atomic E-state index is 12.6. The van der Waals surface area contributed by atoms with Crippen LogP contribution in [0.3, 0.4) is 0 Å². The first-order chi connectivity index (χ1) is 9.12. The van der Waals surface area contributed by atoms with E-state index >= 15 is 0 Å². The van der Waals surface area contributed by atoms with Crippen molar-refractivity contribution in [3.05, 3.63) is 0 Å². The number of nitrogens with zero attached hydrogens (tertiary/aromatic N) is 1. The Hall–Kier alpha value is -0.290. The maximum Gasteiger partial charge on any atom is 0.390 e. The van der Waals surface area contributed by atoms with E-state index in [1.807, 2.05) is 0 Å². The van der Waals surface area contributed by atoms with Gasteiger partial charge in [-0.05, 0) is 18.3 Å². The lowest BCUT2D eigenvalue weighted by Crippen LogP contribution is -2.66. The number of rotatable bonds is 2. The van der Waals surface area contributed by atoms with Crippen molar-refractivity contribution < 1.29 is 13.2 Å². The van der Waals surface area contributed by atoms with Crippen LogP contribution in [0.15, 0.2) is 0 Å². The van der Waals surface area contributed by atoms with E-state index in [2.05, 4.69) is 31.0 Å². The predicted molar refractivity (Wildman–Crippen MR) is 74.7 cm³/mol. The molecule has 20 heavy (non-hydrogen) atoms. The lowest BCUT2D eigenvalue weighted by molar-refractivity contribution is -0.143. The number of alkyl halides is 3. The molecular formula is C15H27F3N2. The Morgan fingerprint density at radius 3 is 2.25 bits per heavy atom. The fourth-order valence-corrected chi connectivity index (χ4v) is 3.60. The van der Waals surface area contributed by atoms with Crippen LogP contribution in [0.1, 0.15) is 52.9 Å². The zero-order valence-corrected chi connectivity index (χ0v) is 12.8. The molecule has 0 aromatic carbocycles. The van der Waals surface area contributed by atoms with Crippen molar-refractivity contribution in [1.29, 1.82) is 0 Å². The third kappa shape index (κ3) is 3.67. The topological polar surface area (TPSA) is 15.3 Å². The molecule has 118 valence electrons. The number of piperazine rings is 1. The average Bonchev–Trinajstić information content (AvgIpc) is 2.74. The van der Waals surface area contributed by atoms with Crippen LogP contribution in [0.4, 0.5) is 13.2 Å². The fourth-order valence-electron chi connectivity index (χ4n) is 3.60. The minimum atomic E-state index is -4.05. The second kappa shape index (κ2) is 5.48. The molecule has 0 aromatic rings. The second-order valence-corrected chi connectivity index (χ2v) is 7.54. The van der Waals surface area contributed by atoms with Crippen LogP contribution in [-0.2, 0) is 0 Å². The molecule has 2 aliphatic rings. The molecule has 0 radical (unpaired) electrons. The summed E-state index contributed by atoms with van der Waals surface area (Å²) in [6.45, 7) is 8.18. The molecule has 1 atom stereocenters. The molecule has 1 spiro atoms. The number of hydrogen-bond donors (Lipinski definition) is 1. The van der Waals surface area contributed by atoms with Gasteiger partial charge in [0, 0.05) is 31.2 Å². The Bertz CT molecular complexity index is 327. The first-order valence-corrected chi connectivity index (χ1v) is 7.68. The lowest BCUT2D eigenvalue weighted by Gasteiger charge is -2.51. The normalized spacial score (nSPS) is 28.2. The largest absolute Gasteiger partial charge is 0.390 e. The van der Waals surface area contributed by atoms with Gasteiger partial charge in [0.25, 0.3) is 0 Å². The molecule has 0 amide bonds. The van der Waals surface area contributed by atoms with Gasteiger partial charge in [-0.2, -0.15) is 13.2 Å². The number of halogens is 3. The summed E-state index contributed by atoms with van der Waals surface area (Å²) < 4.78 is 37.7. The lowest BCUT2D eigenvalue weighted by atomic mass is 9.81. The van der Waals surface area contributed by atoms with Crippen LogP contribution >= 0.6 is 0 Å². The van der Waals surface area contributed by atoms with Crippen molar-refractivity contribution in [2.24, 2.45) is 5.41 Å². The summed E-state index contributed by atoms with van der Waals surface area (Å²) >= 11 is 0. The van der Waals surface area contributed by atoms with Crippen molar-refractivity contribution in [1.82, 2.24) is 10.2 Å². The molecule has 1 aliphatic carbocycles. The molecule has 1 aliphatic heterocycles. The molecule has 0 aromatic heterocycles. The summed E-state index contributed by atoms with van der Waals surface area (Å²) in [7, 11) is 0. The number of hydrogen-bond acceptors (Lipinski definition) is 2. The Morgan fingerprint density at radius 2 is 1.75 bits per heavy atom. The zero-order valence-electron chi connectivity index (χ0n) is 12.8. The molecule has 0 bridgehead atoms. The number of nitrogens with one attached hydrogen (secondary N) is 1. The van der Waals surface area contributed by atoms with Crippen LogP contribution in [-0.4, -0.2) is 42.3 Å². The van der Waals surface area contributed by atoms with Crippen LogP contribution in [0.5, 0.6) is 0 Å². The van der Waals surface area contributed by atoms with Crippen LogP contribution in [0.25, 0.3) is 0 Å². The molecule has 1 unspecified atom stereocenters. The summed E-state index contributed by atoms with van der Waals surface area (Å²) in [5, 5.41) is 3.60. The van der Waals surface area contributed by atoms with E-state index in [4.69, 9.17) is 0 Å². The third-order valence-electron chi connectivity index (χ3n) is 5.00. The fraction of sp³-hybridized carbons (Fsp3) is 1.00. The molecule has 5 heteroatoms. The first-order valence-electron chi connectivity index (χ1n) is 7.68. The van der Waals surface area contributed by atoms with Crippen molar-refractivity contribution in [2.45, 2.75) is 70.6 Å². The van der Waals surface area contributed by atoms with E-state index in [-0.39, 0.29) is 23.5 Å². The highest BCUT2D eigenvalue weighted by Gasteiger charge is 2.46. The van der Waals surface area contributed by atoms with Gasteiger partial charge in [-0.3, -0.25) is 4.90 Å². The minimum Gasteiger partial charge on any atom is -0.310 e. The molecule has 2 fully saturated rings. The quantitative estimate of drug-likeness (QED) is 0.837. The zero-order chi connectivity index (χ0) is 15.0. The van der Waals surface area contributed by atoms with Gasteiger partial charge in [0.2, 0.25) is 0 Å². The van der Waals surface area contributed by atoms with Crippen molar-refractivity contribution in [2.75, 3.05) is 19.6 Å². The Kier molecular flexibility index (Phi) is 4.41. The van der Waals surface area contributed by atoms with Gasteiger partial charge in [-0.15, -0.1) is 0 Å². The molecular weight excluding hydrogens is 265 g/mol. The second-order valence-electron chi connectivity index (χ2n) is 7.54. The van der Waals surface area contributed by atoms with E-state index in [0.29, 0.717) is 0 Å². The van der Waals surface area contributed by atoms with Gasteiger partial charge in [0.1, 0.15) is 0 Å². The van der Waals surface area contributed by atoms with Crippen molar-refractivity contribution in [3.8, 4) is 0 Å². The molecule has 2 nitrogen and oxygen atoms in total. The van der Waals surface area contributed by atoms with Crippen molar-refractivity contribution >= 4 is 0 Å². The van der Waals surface area contributed by atoms with E-state index in [0.717, 1.165) is 38.8 Å². The van der Waals surface area contributed by atoms with Gasteiger partial charge in [0.05, 0.1) is 6.42 Å². The van der Waals surface area contributed by atoms with Gasteiger partial charge in [-0.1, -0.05) is 33.6 Å². The first kappa shape index (κ1) is 16.1. The summed E-state index contributed by atoms with van der Waals surface area (Å²) in [6.07, 6.45) is -0.383. The predicted octanol–water partition coefficient (Wildman–Crippen LogP) is 3.57. The Labute approximate surface area is 120 Å². The SMILES string of the molecule is CC(C)(C)C1CN(CCC(F)(F)F)C2(CCCC2)CN1. The molecule has 2 rings (SSSR count). The summed E-state index contributed by atoms with van der Waals surface area (Å²) in [4.78, 5) is 2.14. The van der Waals surface area contributed by atoms with Crippen molar-refractivity contribution in [3.63, 3.8) is 0 Å². The van der Waals surface area contributed by atoms with Crippen LogP contribution in [0.2, 0.25) is 0 Å². The summed E-state index contributed by atoms with van der Waals surface area (Å²) in [6, 6.07) is 0.266. The molecule has 1 heterocycles. The highest BCUT2D eigenvalue weighted by Crippen LogP contribution is 2.39. The Balaban J connectivity index is 2.07. The van der Waals surface area contributed by atoms with Crippen LogP contribution in [0, 0.1) is 5.41 Å². The molecule has 1 N–H and O–H groups in total.